The second-order valence-corrected chi connectivity index (χ2v) is 11.3. The molecule has 6 heteroatoms. The Hall–Kier alpha value is -3.25. The number of carbonyl (C=O) groups is 1. The molecule has 1 saturated carbocycles. The average molecular weight is 528 g/mol. The summed E-state index contributed by atoms with van der Waals surface area (Å²) in [7, 11) is 1.82. The van der Waals surface area contributed by atoms with Crippen molar-refractivity contribution in [2.45, 2.75) is 83.7 Å². The Morgan fingerprint density at radius 2 is 1.85 bits per heavy atom. The number of hydrogen-bond acceptors (Lipinski definition) is 5. The Morgan fingerprint density at radius 1 is 1.05 bits per heavy atom. The molecular formula is C33H41N3O3. The van der Waals surface area contributed by atoms with Gasteiger partial charge in [0.05, 0.1) is 30.3 Å². The minimum atomic E-state index is -0.118. The van der Waals surface area contributed by atoms with E-state index in [-0.39, 0.29) is 17.9 Å². The molecule has 1 aromatic heterocycles. The number of ether oxygens (including phenoxy) is 1. The predicted octanol–water partition coefficient (Wildman–Crippen LogP) is 6.08. The van der Waals surface area contributed by atoms with Crippen LogP contribution in [-0.4, -0.2) is 40.7 Å². The summed E-state index contributed by atoms with van der Waals surface area (Å²) in [5.74, 6) is 2.64. The van der Waals surface area contributed by atoms with Crippen LogP contribution in [-0.2, 0) is 25.7 Å². The highest BCUT2D eigenvalue weighted by atomic mass is 16.5. The van der Waals surface area contributed by atoms with Crippen LogP contribution in [0, 0.1) is 5.92 Å². The number of aliphatic hydroxyl groups excluding tert-OH is 1. The number of fused-ring (bicyclic) bond motifs is 2. The maximum atomic E-state index is 13.4. The van der Waals surface area contributed by atoms with E-state index >= 15 is 0 Å². The number of benzene rings is 2. The molecule has 1 unspecified atom stereocenters. The summed E-state index contributed by atoms with van der Waals surface area (Å²) in [4.78, 5) is 24.7. The van der Waals surface area contributed by atoms with Crippen molar-refractivity contribution in [2.75, 3.05) is 18.6 Å². The van der Waals surface area contributed by atoms with Crippen LogP contribution >= 0.6 is 0 Å². The van der Waals surface area contributed by atoms with Gasteiger partial charge in [-0.05, 0) is 98.9 Å². The average Bonchev–Trinajstić information content (AvgIpc) is 2.99. The lowest BCUT2D eigenvalue weighted by molar-refractivity contribution is 0.0991. The lowest BCUT2D eigenvalue weighted by Crippen LogP contribution is -2.28. The first kappa shape index (κ1) is 27.3. The van der Waals surface area contributed by atoms with E-state index in [1.54, 1.807) is 4.90 Å². The zero-order chi connectivity index (χ0) is 27.4. The van der Waals surface area contributed by atoms with E-state index in [0.29, 0.717) is 18.9 Å². The Labute approximate surface area is 232 Å². The molecule has 1 aliphatic carbocycles. The van der Waals surface area contributed by atoms with Crippen molar-refractivity contribution in [3.63, 3.8) is 0 Å². The van der Waals surface area contributed by atoms with Gasteiger partial charge in [0.2, 0.25) is 0 Å². The van der Waals surface area contributed by atoms with Crippen LogP contribution in [0.3, 0.4) is 0 Å². The highest BCUT2D eigenvalue weighted by Gasteiger charge is 2.25. The molecule has 5 rings (SSSR count). The molecule has 6 nitrogen and oxygen atoms in total. The molecule has 1 N–H and O–H groups in total. The van der Waals surface area contributed by atoms with E-state index in [1.807, 2.05) is 38.4 Å². The van der Waals surface area contributed by atoms with Crippen molar-refractivity contribution in [3.05, 3.63) is 82.4 Å². The fourth-order valence-corrected chi connectivity index (χ4v) is 6.11. The topological polar surface area (TPSA) is 75.5 Å². The molecule has 39 heavy (non-hydrogen) atoms. The number of hydrogen-bond donors (Lipinski definition) is 1. The molecule has 1 fully saturated rings. The number of carbonyl (C=O) groups excluding carboxylic acids is 1. The van der Waals surface area contributed by atoms with Gasteiger partial charge in [0.1, 0.15) is 11.6 Å². The molecule has 2 aromatic carbocycles. The van der Waals surface area contributed by atoms with Crippen molar-refractivity contribution in [2.24, 2.45) is 5.92 Å². The third-order valence-electron chi connectivity index (χ3n) is 8.49. The van der Waals surface area contributed by atoms with E-state index < -0.39 is 0 Å². The number of aryl methyl sites for hydroxylation is 3. The number of aromatic nitrogens is 2. The molecule has 3 aromatic rings. The number of nitrogens with zero attached hydrogens (tertiary/aromatic N) is 3. The van der Waals surface area contributed by atoms with Crippen molar-refractivity contribution in [1.29, 1.82) is 0 Å². The van der Waals surface area contributed by atoms with Gasteiger partial charge in [-0.2, -0.15) is 0 Å². The van der Waals surface area contributed by atoms with Crippen molar-refractivity contribution in [1.82, 2.24) is 9.97 Å². The predicted molar refractivity (Wildman–Crippen MR) is 155 cm³/mol. The number of amides is 1. The van der Waals surface area contributed by atoms with Crippen molar-refractivity contribution >= 4 is 11.6 Å². The van der Waals surface area contributed by atoms with E-state index in [1.165, 1.54) is 11.1 Å². The molecule has 206 valence electrons. The van der Waals surface area contributed by atoms with Gasteiger partial charge in [0.25, 0.3) is 5.91 Å². The Morgan fingerprint density at radius 3 is 2.64 bits per heavy atom. The van der Waals surface area contributed by atoms with Gasteiger partial charge in [-0.25, -0.2) is 9.97 Å². The van der Waals surface area contributed by atoms with Gasteiger partial charge in [-0.1, -0.05) is 37.3 Å². The quantitative estimate of drug-likeness (QED) is 0.403. The van der Waals surface area contributed by atoms with Crippen LogP contribution in [0.5, 0.6) is 5.75 Å². The monoisotopic (exact) mass is 527 g/mol. The lowest BCUT2D eigenvalue weighted by atomic mass is 9.83. The third-order valence-corrected chi connectivity index (χ3v) is 8.49. The first-order valence-electron chi connectivity index (χ1n) is 14.6. The van der Waals surface area contributed by atoms with Gasteiger partial charge in [0.15, 0.2) is 0 Å². The summed E-state index contributed by atoms with van der Waals surface area (Å²) >= 11 is 0. The Kier molecular flexibility index (Phi) is 8.61. The maximum Gasteiger partial charge on any atom is 0.258 e. The molecule has 2 aliphatic rings. The molecule has 0 spiro atoms. The highest BCUT2D eigenvalue weighted by Crippen LogP contribution is 2.32. The normalized spacial score (nSPS) is 21.4. The minimum Gasteiger partial charge on any atom is -0.494 e. The van der Waals surface area contributed by atoms with E-state index in [2.05, 4.69) is 36.2 Å². The van der Waals surface area contributed by atoms with Crippen LogP contribution in [0.25, 0.3) is 0 Å². The summed E-state index contributed by atoms with van der Waals surface area (Å²) in [5.41, 5.74) is 6.07. The molecule has 1 atom stereocenters. The second-order valence-electron chi connectivity index (χ2n) is 11.3. The molecule has 0 saturated heterocycles. The largest absolute Gasteiger partial charge is 0.494 e. The molecule has 1 aliphatic heterocycles. The van der Waals surface area contributed by atoms with Gasteiger partial charge >= 0.3 is 0 Å². The van der Waals surface area contributed by atoms with Gasteiger partial charge in [-0.15, -0.1) is 0 Å². The number of rotatable bonds is 7. The molecule has 0 bridgehead atoms. The second kappa shape index (κ2) is 12.3. The zero-order valence-corrected chi connectivity index (χ0v) is 23.5. The van der Waals surface area contributed by atoms with Gasteiger partial charge in [-0.3, -0.25) is 4.79 Å². The van der Waals surface area contributed by atoms with E-state index in [9.17, 15) is 9.90 Å². The highest BCUT2D eigenvalue weighted by molar-refractivity contribution is 6.07. The fraction of sp³-hybridized carbons (Fsp3) is 0.485. The Balaban J connectivity index is 1.31. The van der Waals surface area contributed by atoms with E-state index in [0.717, 1.165) is 85.4 Å². The van der Waals surface area contributed by atoms with E-state index in [4.69, 9.17) is 9.72 Å². The summed E-state index contributed by atoms with van der Waals surface area (Å²) < 4.78 is 6.05. The third kappa shape index (κ3) is 6.33. The zero-order valence-electron chi connectivity index (χ0n) is 23.5. The standard InChI is InChI=1S/C33H41N3O3/c1-4-39-31-20-24(19-23-11-15-26(37)16-12-23)10-13-25(31)14-18-32-34-21-30-29(35-32)17-9-22(2)27-7-5-6-8-28(27)33(38)36(30)3/h5-8,10,13,20-23,26,37H,4,9,11-12,14-19H2,1-3H3. The van der Waals surface area contributed by atoms with Crippen LogP contribution in [0.1, 0.15) is 90.4 Å². The summed E-state index contributed by atoms with van der Waals surface area (Å²) in [6.07, 6.45) is 9.98. The Bertz CT molecular complexity index is 1300. The first-order chi connectivity index (χ1) is 18.9. The number of aliphatic hydroxyl groups is 1. The minimum absolute atomic E-state index is 0.0113. The van der Waals surface area contributed by atoms with Crippen LogP contribution in [0.4, 0.5) is 5.69 Å². The van der Waals surface area contributed by atoms with Crippen molar-refractivity contribution in [3.8, 4) is 5.75 Å². The maximum absolute atomic E-state index is 13.4. The number of anilines is 1. The lowest BCUT2D eigenvalue weighted by Gasteiger charge is -2.25. The summed E-state index contributed by atoms with van der Waals surface area (Å²) in [6.45, 7) is 4.84. The molecular weight excluding hydrogens is 486 g/mol. The van der Waals surface area contributed by atoms with Crippen molar-refractivity contribution < 1.29 is 14.6 Å². The molecule has 1 amide bonds. The fourth-order valence-electron chi connectivity index (χ4n) is 6.11. The summed E-state index contributed by atoms with van der Waals surface area (Å²) in [6, 6.07) is 14.6. The van der Waals surface area contributed by atoms with Crippen LogP contribution in [0.15, 0.2) is 48.7 Å². The van der Waals surface area contributed by atoms with Crippen LogP contribution in [0.2, 0.25) is 0 Å². The molecule has 2 heterocycles. The first-order valence-corrected chi connectivity index (χ1v) is 14.6. The van der Waals surface area contributed by atoms with Crippen LogP contribution < -0.4 is 9.64 Å². The van der Waals surface area contributed by atoms with Gasteiger partial charge in [0, 0.05) is 19.0 Å². The van der Waals surface area contributed by atoms with Gasteiger partial charge < -0.3 is 14.7 Å². The SMILES string of the molecule is CCOc1cc(CC2CCC(O)CC2)ccc1CCc1ncc2c(n1)CCC(C)c1ccccc1C(=O)N2C. The smallest absolute Gasteiger partial charge is 0.258 e. The summed E-state index contributed by atoms with van der Waals surface area (Å²) in [5, 5.41) is 9.83. The molecule has 0 radical (unpaired) electrons.